The highest BCUT2D eigenvalue weighted by Crippen LogP contribution is 2.37. The van der Waals surface area contributed by atoms with E-state index in [9.17, 15) is 33.9 Å². The summed E-state index contributed by atoms with van der Waals surface area (Å²) in [5, 5.41) is 23.8. The van der Waals surface area contributed by atoms with E-state index >= 15 is 0 Å². The Hall–Kier alpha value is -17.2. The second kappa shape index (κ2) is 43.0. The second-order valence-electron chi connectivity index (χ2n) is 32.8. The molecule has 17 rings (SSSR count). The first-order valence-electron chi connectivity index (χ1n) is 42.8. The number of halogens is 1. The maximum Gasteiger partial charge on any atom is 0.408 e. The number of fused-ring (bicyclic) bond motifs is 4. The number of phenolic OH excluding ortho intramolecular Hbond substituents is 1. The van der Waals surface area contributed by atoms with E-state index in [4.69, 9.17) is 65.6 Å². The maximum absolute atomic E-state index is 14.1. The zero-order chi connectivity index (χ0) is 96.2. The minimum Gasteiger partial charge on any atom is -0.507 e. The molecule has 680 valence electrons. The van der Waals surface area contributed by atoms with Gasteiger partial charge in [0.25, 0.3) is 22.2 Å². The summed E-state index contributed by atoms with van der Waals surface area (Å²) in [6.45, 7) is 32.2. The average Bonchev–Trinajstić information content (AvgIpc) is 0.840. The molecule has 0 saturated carbocycles. The fourth-order valence-electron chi connectivity index (χ4n) is 14.6. The lowest BCUT2D eigenvalue weighted by atomic mass is 10.1. The summed E-state index contributed by atoms with van der Waals surface area (Å²) < 4.78 is 35.4. The van der Waals surface area contributed by atoms with Gasteiger partial charge in [0.05, 0.1) is 52.8 Å². The number of amides is 2. The molecule has 0 aliphatic carbocycles. The van der Waals surface area contributed by atoms with Crippen LogP contribution in [0.5, 0.6) is 40.2 Å². The number of pyridine rings is 4. The van der Waals surface area contributed by atoms with Crippen molar-refractivity contribution < 1.29 is 38.4 Å². The van der Waals surface area contributed by atoms with Crippen molar-refractivity contribution in [2.24, 2.45) is 5.73 Å². The number of para-hydroxylation sites is 7. The smallest absolute Gasteiger partial charge is 0.408 e. The van der Waals surface area contributed by atoms with Crippen LogP contribution >= 0.6 is 11.6 Å². The molecule has 11 aromatic carbocycles. The SMILES string of the molecule is C[C@H](N)c1cc2cccc(Oc3ccccc3)c2c(=O)n1-c1ccccc1.C[C@H](NC(=O)OC(C)(C)C)c1cc2cccc(O)c2c(=O)n1-c1ccccc1.C[C@H](NC(=O)OC(C)(C)C)c1cc2cccc(Oc3ccccc3)c2c(=O)n1-c1ccccc1.[C-]#[N+]c1cnc(N)nc1Cl.[C-]#[N+]c1cnc(N)nc1N[C@@H](C)c1cc2cccc(Oc3ccccc3)c2c(=O)n1-c1ccccc1. The number of nitrogens with one attached hydrogen (secondary N) is 3. The number of aromatic hydroxyl groups is 1. The Bertz CT molecular complexity index is 7460. The van der Waals surface area contributed by atoms with E-state index in [0.29, 0.717) is 96.0 Å². The van der Waals surface area contributed by atoms with Crippen LogP contribution in [0.2, 0.25) is 5.15 Å². The van der Waals surface area contributed by atoms with Crippen LogP contribution in [0.1, 0.15) is 116 Å². The first kappa shape index (κ1) is 95.4. The van der Waals surface area contributed by atoms with Crippen LogP contribution in [0.25, 0.3) is 75.5 Å². The van der Waals surface area contributed by atoms with Gasteiger partial charge in [0.1, 0.15) is 62.4 Å². The molecule has 0 fully saturated rings. The fourth-order valence-corrected chi connectivity index (χ4v) is 14.8. The number of hydrogen-bond donors (Lipinski definition) is 7. The molecule has 29 heteroatoms. The van der Waals surface area contributed by atoms with Gasteiger partial charge in [-0.05, 0) is 224 Å². The highest BCUT2D eigenvalue weighted by Gasteiger charge is 2.28. The predicted octanol–water partition coefficient (Wildman–Crippen LogP) is 22.6. The van der Waals surface area contributed by atoms with Crippen LogP contribution in [-0.2, 0) is 9.47 Å². The Balaban J connectivity index is 0.000000148. The summed E-state index contributed by atoms with van der Waals surface area (Å²) in [6, 6.07) is 93.1. The number of nitrogen functional groups attached to an aromatic ring is 2. The Morgan fingerprint density at radius 3 is 1.01 bits per heavy atom. The summed E-state index contributed by atoms with van der Waals surface area (Å²) in [5.41, 5.74) is 20.9. The van der Waals surface area contributed by atoms with Gasteiger partial charge >= 0.3 is 12.2 Å². The number of carbonyl (C=O) groups excluding carboxylic acids is 2. The van der Waals surface area contributed by atoms with Crippen LogP contribution in [0, 0.1) is 13.1 Å². The van der Waals surface area contributed by atoms with Crippen LogP contribution < -0.4 is 69.6 Å². The summed E-state index contributed by atoms with van der Waals surface area (Å²) >= 11 is 5.48. The van der Waals surface area contributed by atoms with Gasteiger partial charge in [-0.15, -0.1) is 0 Å². The lowest BCUT2D eigenvalue weighted by molar-refractivity contribution is 0.0494. The molecule has 135 heavy (non-hydrogen) atoms. The lowest BCUT2D eigenvalue weighted by Crippen LogP contribution is -2.36. The number of anilines is 3. The molecule has 6 heterocycles. The molecule has 0 aliphatic rings. The summed E-state index contributed by atoms with van der Waals surface area (Å²) in [4.78, 5) is 101. The highest BCUT2D eigenvalue weighted by atomic mass is 35.5. The number of rotatable bonds is 18. The van der Waals surface area contributed by atoms with Crippen molar-refractivity contribution in [3.63, 3.8) is 0 Å². The number of nitrogens with zero attached hydrogens (tertiary/aromatic N) is 10. The summed E-state index contributed by atoms with van der Waals surface area (Å²) in [7, 11) is 0. The number of alkyl carbamates (subject to hydrolysis) is 2. The Labute approximate surface area is 782 Å². The lowest BCUT2D eigenvalue weighted by Gasteiger charge is -2.24. The zero-order valence-corrected chi connectivity index (χ0v) is 76.2. The number of carbonyl (C=O) groups is 2. The van der Waals surface area contributed by atoms with E-state index in [1.54, 1.807) is 105 Å². The van der Waals surface area contributed by atoms with Crippen molar-refractivity contribution in [2.75, 3.05) is 16.8 Å². The van der Waals surface area contributed by atoms with Crippen molar-refractivity contribution in [3.8, 4) is 63.0 Å². The molecular weight excluding hydrogens is 1720 g/mol. The summed E-state index contributed by atoms with van der Waals surface area (Å²) in [6.07, 6.45) is 1.55. The molecule has 0 radical (unpaired) electrons. The normalized spacial score (nSPS) is 11.8. The van der Waals surface area contributed by atoms with Crippen LogP contribution in [0.3, 0.4) is 0 Å². The molecule has 10 N–H and O–H groups in total. The molecule has 6 aromatic heterocycles. The van der Waals surface area contributed by atoms with E-state index in [2.05, 4.69) is 45.6 Å². The molecule has 0 unspecified atom stereocenters. The zero-order valence-electron chi connectivity index (χ0n) is 75.4. The molecule has 0 saturated heterocycles. The van der Waals surface area contributed by atoms with Crippen molar-refractivity contribution in [2.45, 2.75) is 105 Å². The fraction of sp³-hybridized carbons (Fsp3) is 0.151. The molecular formula is C106H97ClN16O12. The largest absolute Gasteiger partial charge is 0.507 e. The number of benzene rings is 11. The van der Waals surface area contributed by atoms with E-state index < -0.39 is 41.5 Å². The molecule has 2 amide bonds. The van der Waals surface area contributed by atoms with Gasteiger partial charge in [-0.1, -0.05) is 188 Å². The van der Waals surface area contributed by atoms with Crippen molar-refractivity contribution in [1.82, 2.24) is 48.8 Å². The van der Waals surface area contributed by atoms with E-state index in [0.717, 1.165) is 27.5 Å². The third kappa shape index (κ3) is 23.7. The third-order valence-electron chi connectivity index (χ3n) is 20.5. The van der Waals surface area contributed by atoms with Crippen LogP contribution in [0.4, 0.5) is 38.7 Å². The first-order chi connectivity index (χ1) is 64.8. The van der Waals surface area contributed by atoms with Crippen molar-refractivity contribution in [1.29, 1.82) is 0 Å². The highest BCUT2D eigenvalue weighted by molar-refractivity contribution is 6.32. The van der Waals surface area contributed by atoms with Gasteiger partial charge in [-0.25, -0.2) is 39.2 Å². The number of aromatic nitrogens is 8. The van der Waals surface area contributed by atoms with Gasteiger partial charge in [0, 0.05) is 64.0 Å². The van der Waals surface area contributed by atoms with Crippen LogP contribution in [-0.4, -0.2) is 66.7 Å². The Kier molecular flexibility index (Phi) is 30.4. The Morgan fingerprint density at radius 2 is 0.681 bits per heavy atom. The van der Waals surface area contributed by atoms with Crippen molar-refractivity contribution >= 4 is 96.0 Å². The standard InChI is InChI=1S/C28H22N6O2.C28H28N2O4.C23H20N2O2.C22H24N2O4.C5H3ClN4/c1-18(32-26-22(30-2)17-31-28(29)33-26)23-16-19-10-9-15-24(36-21-13-7-4-8-14-21)25(19)27(35)34(23)20-11-5-3-6-12-20;1-19(29-27(32)34-28(2,3)4)23-18-20-12-11-17-24(33-22-15-9-6-10-16-22)25(20)26(31)30(23)21-13-7-5-8-14-21;1-16(24)20-15-17-9-8-14-21(27-19-12-6-3-7-13-19)22(17)23(26)25(20)18-10-4-2-5-11-18;1-14(23-21(27)28-22(2,3)4)17-13-15-9-8-12-18(25)19(15)20(26)24(17)16-10-6-5-7-11-16;1-8-3-2-9-5(7)10-4(3)6/h3-18H,1H3,(H3,29,31,32,33);5-19H,1-4H3,(H,29,32);2-16H,24H2,1H3;5-14,25H,1-4H3,(H,23,27);2H,(H2,7,9,10)/t18-;19-;16-;14-;/m0000./s1. The number of nitrogens with two attached hydrogens (primary N) is 3. The average molecular weight is 1820 g/mol. The topological polar surface area (TPSA) is 363 Å². The van der Waals surface area contributed by atoms with Gasteiger partial charge in [-0.2, -0.15) is 0 Å². The maximum atomic E-state index is 14.1. The van der Waals surface area contributed by atoms with Gasteiger partial charge in [-0.3, -0.25) is 37.4 Å². The molecule has 0 aliphatic heterocycles. The number of hydrogen-bond acceptors (Lipinski definition) is 20. The minimum atomic E-state index is -0.629. The number of phenols is 1. The van der Waals surface area contributed by atoms with E-state index in [-0.39, 0.29) is 67.8 Å². The minimum absolute atomic E-state index is 0.0544. The van der Waals surface area contributed by atoms with Gasteiger partial charge < -0.3 is 61.9 Å². The quantitative estimate of drug-likeness (QED) is 0.0310. The molecule has 28 nitrogen and oxygen atoms in total. The van der Waals surface area contributed by atoms with Gasteiger partial charge in [0.15, 0.2) is 0 Å². The monoisotopic (exact) mass is 1820 g/mol. The first-order valence-corrected chi connectivity index (χ1v) is 43.2. The Morgan fingerprint density at radius 1 is 0.393 bits per heavy atom. The number of ether oxygens (including phenoxy) is 5. The van der Waals surface area contributed by atoms with Crippen LogP contribution in [0.15, 0.2) is 341 Å². The molecule has 4 atom stereocenters. The second-order valence-corrected chi connectivity index (χ2v) is 33.2. The van der Waals surface area contributed by atoms with E-state index in [1.807, 2.05) is 282 Å². The summed E-state index contributed by atoms with van der Waals surface area (Å²) in [5.74, 6) is 3.81. The molecule has 0 bridgehead atoms. The predicted molar refractivity (Wildman–Crippen MR) is 530 cm³/mol. The molecule has 17 aromatic rings. The van der Waals surface area contributed by atoms with E-state index in [1.165, 1.54) is 23.0 Å². The van der Waals surface area contributed by atoms with Gasteiger partial charge in [0.2, 0.25) is 23.3 Å². The molecule has 0 spiro atoms. The van der Waals surface area contributed by atoms with Crippen molar-refractivity contribution in [3.05, 3.63) is 414 Å². The third-order valence-corrected chi connectivity index (χ3v) is 20.8.